The van der Waals surface area contributed by atoms with Gasteiger partial charge in [0.15, 0.2) is 16.8 Å². The van der Waals surface area contributed by atoms with Gasteiger partial charge in [0.25, 0.3) is 0 Å². The number of carbonyl (C=O) groups is 1. The number of pyridine rings is 1. The zero-order chi connectivity index (χ0) is 22.0. The number of nitrogens with one attached hydrogen (secondary N) is 1. The molecule has 0 bridgehead atoms. The minimum atomic E-state index is -0.937. The molecule has 0 spiro atoms. The molecule has 2 amide bonds. The molecule has 8 nitrogen and oxygen atoms in total. The van der Waals surface area contributed by atoms with Crippen molar-refractivity contribution in [2.45, 2.75) is 19.4 Å². The van der Waals surface area contributed by atoms with E-state index in [9.17, 15) is 14.3 Å². The van der Waals surface area contributed by atoms with E-state index in [1.807, 2.05) is 25.1 Å². The maximum Gasteiger partial charge on any atom is 0.323 e. The third-order valence-electron chi connectivity index (χ3n) is 5.18. The first kappa shape index (κ1) is 21.4. The highest BCUT2D eigenvalue weighted by Gasteiger charge is 2.24. The SMILES string of the molecule is Cc1ccc2nc(NC(=O)N3CCN(c4ncc(CC(O)CO)cc4F)CC3)sc2c1. The van der Waals surface area contributed by atoms with Crippen LogP contribution >= 0.6 is 11.3 Å². The number of anilines is 2. The van der Waals surface area contributed by atoms with E-state index < -0.39 is 11.9 Å². The topological polar surface area (TPSA) is 102 Å². The normalized spacial score (nSPS) is 15.4. The Bertz CT molecular complexity index is 1080. The Balaban J connectivity index is 1.35. The second kappa shape index (κ2) is 9.13. The lowest BCUT2D eigenvalue weighted by atomic mass is 10.1. The Morgan fingerprint density at radius 1 is 1.29 bits per heavy atom. The average molecular weight is 446 g/mol. The van der Waals surface area contributed by atoms with Gasteiger partial charge in [0.2, 0.25) is 0 Å². The molecular weight excluding hydrogens is 421 g/mol. The van der Waals surface area contributed by atoms with E-state index in [1.54, 1.807) is 9.80 Å². The van der Waals surface area contributed by atoms with Gasteiger partial charge in [-0.1, -0.05) is 17.4 Å². The number of amides is 2. The first-order chi connectivity index (χ1) is 14.9. The molecule has 164 valence electrons. The summed E-state index contributed by atoms with van der Waals surface area (Å²) >= 11 is 1.44. The molecule has 0 radical (unpaired) electrons. The van der Waals surface area contributed by atoms with E-state index >= 15 is 0 Å². The van der Waals surface area contributed by atoms with Gasteiger partial charge >= 0.3 is 6.03 Å². The summed E-state index contributed by atoms with van der Waals surface area (Å²) in [5.41, 5.74) is 2.52. The van der Waals surface area contributed by atoms with Crippen molar-refractivity contribution in [3.05, 3.63) is 47.4 Å². The van der Waals surface area contributed by atoms with Crippen LogP contribution in [0.2, 0.25) is 0 Å². The summed E-state index contributed by atoms with van der Waals surface area (Å²) in [5, 5.41) is 21.8. The quantitative estimate of drug-likeness (QED) is 0.558. The van der Waals surface area contributed by atoms with Crippen molar-refractivity contribution >= 4 is 38.5 Å². The van der Waals surface area contributed by atoms with Crippen LogP contribution in [0.5, 0.6) is 0 Å². The third kappa shape index (κ3) is 4.92. The monoisotopic (exact) mass is 445 g/mol. The number of aliphatic hydroxyl groups is 2. The van der Waals surface area contributed by atoms with Crippen molar-refractivity contribution in [3.8, 4) is 0 Å². The number of fused-ring (bicyclic) bond motifs is 1. The van der Waals surface area contributed by atoms with E-state index in [-0.39, 0.29) is 24.9 Å². The summed E-state index contributed by atoms with van der Waals surface area (Å²) in [4.78, 5) is 24.7. The molecule has 1 aromatic carbocycles. The lowest BCUT2D eigenvalue weighted by molar-refractivity contribution is 0.0954. The number of aliphatic hydroxyl groups excluding tert-OH is 2. The van der Waals surface area contributed by atoms with Crippen LogP contribution in [-0.4, -0.2) is 70.0 Å². The number of piperazine rings is 1. The predicted octanol–water partition coefficient (Wildman–Crippen LogP) is 2.39. The molecule has 10 heteroatoms. The van der Waals surface area contributed by atoms with Crippen molar-refractivity contribution in [1.82, 2.24) is 14.9 Å². The molecular formula is C21H24FN5O3S. The number of thiazole rings is 1. The second-order valence-corrected chi connectivity index (χ2v) is 8.61. The van der Waals surface area contributed by atoms with Crippen molar-refractivity contribution < 1.29 is 19.4 Å². The molecule has 0 saturated carbocycles. The lowest BCUT2D eigenvalue weighted by Gasteiger charge is -2.35. The first-order valence-corrected chi connectivity index (χ1v) is 10.9. The summed E-state index contributed by atoms with van der Waals surface area (Å²) in [5.74, 6) is -0.255. The van der Waals surface area contributed by atoms with E-state index in [4.69, 9.17) is 5.11 Å². The Kier molecular flexibility index (Phi) is 6.30. The minimum absolute atomic E-state index is 0.139. The lowest BCUT2D eigenvalue weighted by Crippen LogP contribution is -2.50. The van der Waals surface area contributed by atoms with Crippen LogP contribution in [0, 0.1) is 12.7 Å². The van der Waals surface area contributed by atoms with Crippen molar-refractivity contribution in [3.63, 3.8) is 0 Å². The third-order valence-corrected chi connectivity index (χ3v) is 6.12. The Morgan fingerprint density at radius 2 is 2.06 bits per heavy atom. The molecule has 3 heterocycles. The molecule has 31 heavy (non-hydrogen) atoms. The van der Waals surface area contributed by atoms with Crippen molar-refractivity contribution in [2.24, 2.45) is 0 Å². The molecule has 3 aromatic rings. The highest BCUT2D eigenvalue weighted by molar-refractivity contribution is 7.22. The van der Waals surface area contributed by atoms with Crippen LogP contribution in [-0.2, 0) is 6.42 Å². The van der Waals surface area contributed by atoms with Gasteiger partial charge < -0.3 is 20.0 Å². The fourth-order valence-electron chi connectivity index (χ4n) is 3.53. The van der Waals surface area contributed by atoms with Gasteiger partial charge in [-0.2, -0.15) is 0 Å². The van der Waals surface area contributed by atoms with Gasteiger partial charge in [0.05, 0.1) is 22.9 Å². The summed E-state index contributed by atoms with van der Waals surface area (Å²) in [6.45, 7) is 3.40. The van der Waals surface area contributed by atoms with Crippen LogP contribution in [0.1, 0.15) is 11.1 Å². The van der Waals surface area contributed by atoms with Gasteiger partial charge in [0, 0.05) is 38.8 Å². The fraction of sp³-hybridized carbons (Fsp3) is 0.381. The molecule has 2 aromatic heterocycles. The molecule has 3 N–H and O–H groups in total. The molecule has 1 aliphatic rings. The van der Waals surface area contributed by atoms with E-state index in [2.05, 4.69) is 15.3 Å². The molecule has 1 fully saturated rings. The van der Waals surface area contributed by atoms with Crippen LogP contribution in [0.15, 0.2) is 30.5 Å². The number of rotatable bonds is 5. The molecule has 1 saturated heterocycles. The van der Waals surface area contributed by atoms with Crippen LogP contribution in [0.3, 0.4) is 0 Å². The van der Waals surface area contributed by atoms with Crippen LogP contribution < -0.4 is 10.2 Å². The maximum atomic E-state index is 14.5. The summed E-state index contributed by atoms with van der Waals surface area (Å²) in [7, 11) is 0. The maximum absolute atomic E-state index is 14.5. The van der Waals surface area contributed by atoms with Gasteiger partial charge in [-0.15, -0.1) is 0 Å². The second-order valence-electron chi connectivity index (χ2n) is 7.58. The zero-order valence-corrected chi connectivity index (χ0v) is 17.9. The van der Waals surface area contributed by atoms with Crippen molar-refractivity contribution in [2.75, 3.05) is 43.0 Å². The van der Waals surface area contributed by atoms with Gasteiger partial charge in [-0.25, -0.2) is 19.2 Å². The molecule has 0 aliphatic carbocycles. The number of urea groups is 1. The molecule has 1 unspecified atom stereocenters. The van der Waals surface area contributed by atoms with Crippen LogP contribution in [0.25, 0.3) is 10.2 Å². The highest BCUT2D eigenvalue weighted by atomic mass is 32.1. The summed E-state index contributed by atoms with van der Waals surface area (Å²) in [6.07, 6.45) is 0.708. The van der Waals surface area contributed by atoms with Gasteiger partial charge in [0.1, 0.15) is 0 Å². The van der Waals surface area contributed by atoms with E-state index in [1.165, 1.54) is 23.6 Å². The molecule has 1 atom stereocenters. The highest BCUT2D eigenvalue weighted by Crippen LogP contribution is 2.27. The average Bonchev–Trinajstić information content (AvgIpc) is 3.15. The summed E-state index contributed by atoms with van der Waals surface area (Å²) in [6, 6.07) is 7.07. The van der Waals surface area contributed by atoms with Gasteiger partial charge in [-0.3, -0.25) is 5.32 Å². The van der Waals surface area contributed by atoms with Crippen LogP contribution in [0.4, 0.5) is 20.1 Å². The van der Waals surface area contributed by atoms with E-state index in [0.29, 0.717) is 36.9 Å². The number of aryl methyl sites for hydroxylation is 1. The van der Waals surface area contributed by atoms with E-state index in [0.717, 1.165) is 15.8 Å². The Morgan fingerprint density at radius 3 is 2.77 bits per heavy atom. The number of nitrogens with zero attached hydrogens (tertiary/aromatic N) is 4. The zero-order valence-electron chi connectivity index (χ0n) is 17.1. The largest absolute Gasteiger partial charge is 0.394 e. The predicted molar refractivity (Wildman–Crippen MR) is 118 cm³/mol. The van der Waals surface area contributed by atoms with Crippen molar-refractivity contribution in [1.29, 1.82) is 0 Å². The molecule has 1 aliphatic heterocycles. The summed E-state index contributed by atoms with van der Waals surface area (Å²) < 4.78 is 15.5. The number of carbonyl (C=O) groups excluding carboxylic acids is 1. The Labute approximate surface area is 183 Å². The standard InChI is InChI=1S/C21H24FN5O3S/c1-13-2-3-17-18(8-13)31-20(24-17)25-21(30)27-6-4-26(5-7-27)19-16(22)10-14(11-23-19)9-15(29)12-28/h2-3,8,10-11,15,28-29H,4-7,9,12H2,1H3,(H,24,25,30). The van der Waals surface area contributed by atoms with Gasteiger partial charge in [-0.05, 0) is 36.2 Å². The first-order valence-electron chi connectivity index (χ1n) is 10.0. The number of halogens is 1. The number of hydrogen-bond donors (Lipinski definition) is 3. The number of benzene rings is 1. The molecule has 4 rings (SSSR count). The fourth-order valence-corrected chi connectivity index (χ4v) is 4.48. The number of aromatic nitrogens is 2. The Hall–Kier alpha value is -2.82. The minimum Gasteiger partial charge on any atom is -0.394 e. The number of hydrogen-bond acceptors (Lipinski definition) is 7. The smallest absolute Gasteiger partial charge is 0.323 e.